The summed E-state index contributed by atoms with van der Waals surface area (Å²) in [5.41, 5.74) is 16.0. The number of phosphoric acid groups is 3. The Morgan fingerprint density at radius 2 is 1.69 bits per heavy atom. The quantitative estimate of drug-likeness (QED) is 0.0128. The molecule has 28 heteroatoms. The van der Waals surface area contributed by atoms with Crippen molar-refractivity contribution in [2.45, 2.75) is 95.1 Å². The van der Waals surface area contributed by atoms with Crippen LogP contribution in [0.15, 0.2) is 42.9 Å². The van der Waals surface area contributed by atoms with E-state index < -0.39 is 59.0 Å². The second-order valence-electron chi connectivity index (χ2n) is 20.9. The van der Waals surface area contributed by atoms with Crippen LogP contribution in [-0.2, 0) is 62.0 Å². The van der Waals surface area contributed by atoms with E-state index in [1.807, 2.05) is 13.8 Å². The van der Waals surface area contributed by atoms with Crippen molar-refractivity contribution in [2.75, 3.05) is 62.5 Å². The van der Waals surface area contributed by atoms with Gasteiger partial charge in [0.25, 0.3) is 5.91 Å². The van der Waals surface area contributed by atoms with Crippen molar-refractivity contribution in [3.8, 4) is 23.3 Å². The van der Waals surface area contributed by atoms with E-state index in [1.165, 1.54) is 67.3 Å². The zero-order valence-corrected chi connectivity index (χ0v) is 47.9. The average molecular weight is 1200 g/mol. The summed E-state index contributed by atoms with van der Waals surface area (Å²) in [6.07, 6.45) is 9.91. The number of rotatable bonds is 18. The predicted molar refractivity (Wildman–Crippen MR) is 298 cm³/mol. The van der Waals surface area contributed by atoms with Crippen molar-refractivity contribution < 1.29 is 75.3 Å². The molecule has 0 aliphatic carbocycles. The van der Waals surface area contributed by atoms with Crippen molar-refractivity contribution in [1.82, 2.24) is 24.4 Å². The molecule has 4 atom stereocenters. The molecule has 3 aromatic carbocycles. The first-order valence-electron chi connectivity index (χ1n) is 26.1. The minimum Gasteiger partial charge on any atom is -0.478 e. The van der Waals surface area contributed by atoms with Crippen molar-refractivity contribution >= 4 is 85.0 Å². The number of anilines is 2. The number of aromatic nitrogens is 3. The van der Waals surface area contributed by atoms with Crippen LogP contribution in [0.5, 0.6) is 11.5 Å². The number of carbonyl (C=O) groups is 2. The number of hydrogen-bond acceptors (Lipinski definition) is 17. The molecule has 8 heterocycles. The highest BCUT2D eigenvalue weighted by molar-refractivity contribution is 8.77. The molecule has 6 aliphatic rings. The Kier molecular flexibility index (Phi) is 16.0. The fourth-order valence-electron chi connectivity index (χ4n) is 11.7. The summed E-state index contributed by atoms with van der Waals surface area (Å²) in [6.45, 7) is 7.74. The first-order valence-corrected chi connectivity index (χ1v) is 33.0. The van der Waals surface area contributed by atoms with Crippen LogP contribution < -0.4 is 35.8 Å². The van der Waals surface area contributed by atoms with Crippen LogP contribution in [0.2, 0.25) is 0 Å². The van der Waals surface area contributed by atoms with Crippen molar-refractivity contribution in [2.24, 2.45) is 0 Å². The molecule has 1 amide bonds. The zero-order valence-electron chi connectivity index (χ0n) is 43.6. The van der Waals surface area contributed by atoms with Gasteiger partial charge in [-0.3, -0.25) is 9.32 Å². The lowest BCUT2D eigenvalue weighted by Crippen LogP contribution is -2.45. The van der Waals surface area contributed by atoms with E-state index in [1.54, 1.807) is 22.9 Å². The summed E-state index contributed by atoms with van der Waals surface area (Å²) >= 11 is 0. The Morgan fingerprint density at radius 3 is 2.48 bits per heavy atom. The lowest BCUT2D eigenvalue weighted by molar-refractivity contribution is -0.0202. The van der Waals surface area contributed by atoms with Gasteiger partial charge in [0.05, 0.1) is 34.8 Å². The number of aryl methyl sites for hydroxylation is 2. The zero-order chi connectivity index (χ0) is 56.3. The molecule has 0 radical (unpaired) electrons. The van der Waals surface area contributed by atoms with Crippen LogP contribution >= 0.6 is 45.1 Å². The number of nitrogen functional groups attached to an aromatic ring is 1. The molecule has 5 aromatic rings. The summed E-state index contributed by atoms with van der Waals surface area (Å²) < 4.78 is 69.9. The Bertz CT molecular complexity index is 3730. The van der Waals surface area contributed by atoms with Crippen LogP contribution in [-0.4, -0.2) is 114 Å². The lowest BCUT2D eigenvalue weighted by Gasteiger charge is -2.39. The number of nitrogens with two attached hydrogens (primary N) is 1. The van der Waals surface area contributed by atoms with Crippen LogP contribution in [0.4, 0.5) is 11.5 Å². The van der Waals surface area contributed by atoms with Gasteiger partial charge in [0.1, 0.15) is 61.2 Å². The van der Waals surface area contributed by atoms with Crippen molar-refractivity contribution in [3.05, 3.63) is 104 Å². The number of carbonyl (C=O) groups excluding carboxylic acids is 1. The summed E-state index contributed by atoms with van der Waals surface area (Å²) in [4.78, 5) is 75.2. The van der Waals surface area contributed by atoms with Crippen molar-refractivity contribution in [3.63, 3.8) is 0 Å². The van der Waals surface area contributed by atoms with Gasteiger partial charge < -0.3 is 59.4 Å². The van der Waals surface area contributed by atoms with Crippen LogP contribution in [0.25, 0.3) is 16.6 Å². The fourth-order valence-corrected chi connectivity index (χ4v) is 16.8. The van der Waals surface area contributed by atoms with Crippen molar-refractivity contribution in [1.29, 1.82) is 0 Å². The molecule has 8 N–H and O–H groups in total. The number of carboxylic acid groups (broad SMARTS) is 1. The van der Waals surface area contributed by atoms with Gasteiger partial charge in [0.2, 0.25) is 5.36 Å². The molecule has 1 fully saturated rings. The highest BCUT2D eigenvalue weighted by Crippen LogP contribution is 2.66. The number of aromatic carboxylic acids is 1. The highest BCUT2D eigenvalue weighted by atomic mass is 33.1. The summed E-state index contributed by atoms with van der Waals surface area (Å²) in [6, 6.07) is 9.52. The minimum absolute atomic E-state index is 0.0444. The number of hydrogen-bond donors (Lipinski definition) is 7. The second-order valence-corrected chi connectivity index (χ2v) is 28.3. The van der Waals surface area contributed by atoms with Gasteiger partial charge in [-0.15, -0.1) is 0 Å². The molecule has 23 nitrogen and oxygen atoms in total. The van der Waals surface area contributed by atoms with E-state index in [0.29, 0.717) is 35.0 Å². The smallest absolute Gasteiger partial charge is 0.478 e. The first-order chi connectivity index (χ1) is 38.1. The molecule has 2 aromatic heterocycles. The fraction of sp³-hybridized carbons (Fsp3) is 0.442. The molecule has 0 saturated carbocycles. The SMILES string of the molecule is CC(C)(CNC(=O)c1ccc(C2=c3cc4c5c(c3Oc3c2cc2c6c3CCCN6CCC2)CCC[N+]=5CCC4)c(C(=O)O)c1)SSCOCC#Cc1cn([C@H]2CC[C@@H](COP(=O)(O)OP(=O)(O)OP(=O)(O)O)O2)c2ncnc(N)c12. The molecule has 0 spiro atoms. The van der Waals surface area contributed by atoms with Gasteiger partial charge in [-0.25, -0.2) is 33.0 Å². The van der Waals surface area contributed by atoms with Gasteiger partial charge in [-0.1, -0.05) is 39.5 Å². The monoisotopic (exact) mass is 1190 g/mol. The topological polar surface area (TPSA) is 317 Å². The molecular weight excluding hydrogens is 1140 g/mol. The number of carboxylic acids is 1. The standard InChI is InChI=1S/C52H58N7O16P3S2/c1-52(2,80-79-29-70-21-7-10-33-25-59(49-42(33)48(53)55-28-56-49)41-16-14-34(72-41)26-71-77(66,67)75-78(68,69)74-76(63,64)65)27-54-50(60)32-13-15-35(38(24-32)51(61)62)43-39-22-30-8-3-17-57-19-5-11-36(44(30)57)46(39)73-47-37-12-6-20-58-18-4-9-31(45(37)58)23-40(43)47/h13,15,22-25,28,34,41H,3-6,8-9,11-12,14,16-21,26-27,29H2,1-2H3,(H7-,53,54,55,56,60,61,62,63,64,65,66,67,68,69)/p+1/t34-,41+/m0/s1. The summed E-state index contributed by atoms with van der Waals surface area (Å²) in [5.74, 6) is 6.60. The minimum atomic E-state index is -5.68. The van der Waals surface area contributed by atoms with E-state index in [2.05, 4.69) is 57.4 Å². The van der Waals surface area contributed by atoms with E-state index in [0.717, 1.165) is 105 Å². The maximum atomic E-state index is 13.9. The third kappa shape index (κ3) is 11.9. The number of amides is 1. The molecule has 80 heavy (non-hydrogen) atoms. The molecule has 0 bridgehead atoms. The molecule has 2 unspecified atom stereocenters. The lowest BCUT2D eigenvalue weighted by atomic mass is 9.81. The number of nitrogens with one attached hydrogen (secondary N) is 1. The van der Waals surface area contributed by atoms with E-state index in [-0.39, 0.29) is 36.0 Å². The van der Waals surface area contributed by atoms with Crippen LogP contribution in [0, 0.1) is 11.8 Å². The van der Waals surface area contributed by atoms with Crippen LogP contribution in [0.3, 0.4) is 0 Å². The molecule has 424 valence electrons. The second kappa shape index (κ2) is 22.6. The normalized spacial score (nSPS) is 19.9. The van der Waals surface area contributed by atoms with Gasteiger partial charge in [-0.05, 0) is 101 Å². The Labute approximate surface area is 467 Å². The molecular formula is C52H59N7O16P3S2+. The largest absolute Gasteiger partial charge is 0.490 e. The number of benzene rings is 3. The average Bonchev–Trinajstić information content (AvgIpc) is 4.03. The van der Waals surface area contributed by atoms with E-state index >= 15 is 0 Å². The maximum absolute atomic E-state index is 13.9. The number of nitrogens with zero attached hydrogens (tertiary/aromatic N) is 5. The third-order valence-electron chi connectivity index (χ3n) is 14.8. The van der Waals surface area contributed by atoms with E-state index in [4.69, 9.17) is 34.3 Å². The van der Waals surface area contributed by atoms with Gasteiger partial charge in [0.15, 0.2) is 0 Å². The predicted octanol–water partition coefficient (Wildman–Crippen LogP) is 6.08. The first kappa shape index (κ1) is 56.7. The van der Waals surface area contributed by atoms with Gasteiger partial charge >= 0.3 is 29.4 Å². The molecule has 6 aliphatic heterocycles. The summed E-state index contributed by atoms with van der Waals surface area (Å²) in [7, 11) is -13.6. The maximum Gasteiger partial charge on any atom is 0.490 e. The third-order valence-corrected chi connectivity index (χ3v) is 21.6. The Morgan fingerprint density at radius 1 is 0.925 bits per heavy atom. The Balaban J connectivity index is 0.730. The van der Waals surface area contributed by atoms with Gasteiger partial charge in [-0.2, -0.15) is 8.62 Å². The molecule has 1 saturated heterocycles. The van der Waals surface area contributed by atoms with E-state index in [9.17, 15) is 38.2 Å². The highest BCUT2D eigenvalue weighted by Gasteiger charge is 2.42. The number of ether oxygens (including phenoxy) is 3. The van der Waals surface area contributed by atoms with Gasteiger partial charge in [0, 0.05) is 82.2 Å². The number of phosphoric ester groups is 1. The van der Waals surface area contributed by atoms with Crippen LogP contribution in [0.1, 0.15) is 118 Å². The summed E-state index contributed by atoms with van der Waals surface area (Å²) in [5, 5.41) is 16.6. The molecule has 11 rings (SSSR count). The Hall–Kier alpha value is -5.12. The number of fused-ring (bicyclic) bond motifs is 5.